The highest BCUT2D eigenvalue weighted by molar-refractivity contribution is 7.17. The van der Waals surface area contributed by atoms with E-state index in [1.807, 2.05) is 43.5 Å². The molecular weight excluding hydrogens is 444 g/mol. The summed E-state index contributed by atoms with van der Waals surface area (Å²) in [6, 6.07) is 7.99. The number of amides is 2. The fourth-order valence-electron chi connectivity index (χ4n) is 3.50. The van der Waals surface area contributed by atoms with Crippen molar-refractivity contribution in [2.45, 2.75) is 33.7 Å². The fraction of sp³-hybridized carbons (Fsp3) is 0.217. The number of primary amides is 1. The molecule has 0 fully saturated rings. The number of nitrogens with zero attached hydrogens (tertiary/aromatic N) is 2. The Morgan fingerprint density at radius 1 is 1.16 bits per heavy atom. The molecule has 0 saturated heterocycles. The minimum absolute atomic E-state index is 0.0608. The van der Waals surface area contributed by atoms with Crippen molar-refractivity contribution in [3.8, 4) is 11.1 Å². The Balaban J connectivity index is 1.56. The third-order valence-electron chi connectivity index (χ3n) is 5.39. The average molecular weight is 467 g/mol. The van der Waals surface area contributed by atoms with Gasteiger partial charge in [0.25, 0.3) is 11.5 Å². The first-order chi connectivity index (χ1) is 15.3. The highest BCUT2D eigenvalue weighted by Gasteiger charge is 2.19. The first kappa shape index (κ1) is 21.9. The van der Waals surface area contributed by atoms with Gasteiger partial charge < -0.3 is 11.1 Å². The number of nitrogens with one attached hydrogen (secondary N) is 1. The largest absolute Gasteiger partial charge is 0.365 e. The van der Waals surface area contributed by atoms with Gasteiger partial charge in [-0.1, -0.05) is 29.8 Å². The van der Waals surface area contributed by atoms with E-state index in [0.29, 0.717) is 20.8 Å². The maximum Gasteiger partial charge on any atom is 0.262 e. The van der Waals surface area contributed by atoms with Gasteiger partial charge in [-0.3, -0.25) is 19.0 Å². The van der Waals surface area contributed by atoms with Gasteiger partial charge in [-0.2, -0.15) is 0 Å². The van der Waals surface area contributed by atoms with Gasteiger partial charge >= 0.3 is 0 Å². The zero-order valence-electron chi connectivity index (χ0n) is 17.9. The summed E-state index contributed by atoms with van der Waals surface area (Å²) in [6.07, 6.45) is 1.53. The van der Waals surface area contributed by atoms with E-state index in [1.165, 1.54) is 33.6 Å². The number of carbonyl (C=O) groups excluding carboxylic acids is 2. The Kier molecular flexibility index (Phi) is 5.94. The van der Waals surface area contributed by atoms with Crippen LogP contribution in [-0.4, -0.2) is 21.4 Å². The SMILES string of the molecule is Cc1ccc(-c2csc3ncn(CCC(=O)Nc4sc(C)c(C)c4C(N)=O)c(=O)c23)cc1. The van der Waals surface area contributed by atoms with Gasteiger partial charge in [0.15, 0.2) is 0 Å². The van der Waals surface area contributed by atoms with Crippen molar-refractivity contribution in [3.63, 3.8) is 0 Å². The van der Waals surface area contributed by atoms with E-state index in [9.17, 15) is 14.4 Å². The van der Waals surface area contributed by atoms with Crippen molar-refractivity contribution in [1.29, 1.82) is 0 Å². The van der Waals surface area contributed by atoms with Crippen molar-refractivity contribution in [2.24, 2.45) is 5.73 Å². The van der Waals surface area contributed by atoms with Crippen molar-refractivity contribution < 1.29 is 9.59 Å². The van der Waals surface area contributed by atoms with Crippen LogP contribution in [0.1, 0.15) is 32.8 Å². The zero-order chi connectivity index (χ0) is 23.0. The van der Waals surface area contributed by atoms with Crippen LogP contribution in [0.2, 0.25) is 0 Å². The van der Waals surface area contributed by atoms with Crippen LogP contribution < -0.4 is 16.6 Å². The van der Waals surface area contributed by atoms with Crippen molar-refractivity contribution in [1.82, 2.24) is 9.55 Å². The third kappa shape index (κ3) is 4.09. The van der Waals surface area contributed by atoms with Gasteiger partial charge in [0, 0.05) is 28.8 Å². The molecule has 4 aromatic rings. The number of hydrogen-bond donors (Lipinski definition) is 2. The maximum absolute atomic E-state index is 13.2. The van der Waals surface area contributed by atoms with E-state index in [2.05, 4.69) is 10.3 Å². The zero-order valence-corrected chi connectivity index (χ0v) is 19.5. The Bertz CT molecular complexity index is 1400. The molecule has 0 radical (unpaired) electrons. The predicted octanol–water partition coefficient (Wildman–Crippen LogP) is 4.24. The van der Waals surface area contributed by atoms with Crippen LogP contribution in [0.15, 0.2) is 40.8 Å². The normalized spacial score (nSPS) is 11.1. The number of hydrogen-bond acceptors (Lipinski definition) is 6. The summed E-state index contributed by atoms with van der Waals surface area (Å²) in [6.45, 7) is 5.86. The van der Waals surface area contributed by atoms with Gasteiger partial charge in [-0.25, -0.2) is 4.98 Å². The van der Waals surface area contributed by atoms with Crippen LogP contribution in [0.4, 0.5) is 5.00 Å². The molecule has 0 bridgehead atoms. The summed E-state index contributed by atoms with van der Waals surface area (Å²) < 4.78 is 1.45. The fourth-order valence-corrected chi connectivity index (χ4v) is 5.48. The highest BCUT2D eigenvalue weighted by atomic mass is 32.1. The van der Waals surface area contributed by atoms with Crippen molar-refractivity contribution >= 4 is 49.7 Å². The first-order valence-electron chi connectivity index (χ1n) is 9.99. The monoisotopic (exact) mass is 466 g/mol. The van der Waals surface area contributed by atoms with Crippen LogP contribution in [0.25, 0.3) is 21.3 Å². The molecular formula is C23H22N4O3S2. The number of thiophene rings is 2. The number of anilines is 1. The topological polar surface area (TPSA) is 107 Å². The van der Waals surface area contributed by atoms with E-state index < -0.39 is 5.91 Å². The molecule has 1 aromatic carbocycles. The second-order valence-electron chi connectivity index (χ2n) is 7.59. The molecule has 9 heteroatoms. The lowest BCUT2D eigenvalue weighted by molar-refractivity contribution is -0.116. The lowest BCUT2D eigenvalue weighted by Gasteiger charge is -2.08. The lowest BCUT2D eigenvalue weighted by atomic mass is 10.1. The van der Waals surface area contributed by atoms with Gasteiger partial charge in [-0.05, 0) is 31.9 Å². The molecule has 164 valence electrons. The summed E-state index contributed by atoms with van der Waals surface area (Å²) in [7, 11) is 0. The number of carbonyl (C=O) groups is 2. The number of aromatic nitrogens is 2. The summed E-state index contributed by atoms with van der Waals surface area (Å²) in [5.74, 6) is -0.876. The first-order valence-corrected chi connectivity index (χ1v) is 11.7. The minimum Gasteiger partial charge on any atom is -0.365 e. The molecule has 2 amide bonds. The molecule has 0 spiro atoms. The van der Waals surface area contributed by atoms with Crippen LogP contribution in [0.5, 0.6) is 0 Å². The molecule has 0 aliphatic carbocycles. The standard InChI is InChI=1S/C23H22N4O3S2/c1-12-4-6-15(7-5-12)16-10-31-21-19(16)23(30)27(11-25-21)9-8-17(28)26-22-18(20(24)29)13(2)14(3)32-22/h4-7,10-11H,8-9H2,1-3H3,(H2,24,29)(H,26,28). The number of benzene rings is 1. The van der Waals surface area contributed by atoms with Gasteiger partial charge in [0.2, 0.25) is 5.91 Å². The Hall–Kier alpha value is -3.30. The van der Waals surface area contributed by atoms with E-state index in [4.69, 9.17) is 5.73 Å². The predicted molar refractivity (Wildman–Crippen MR) is 130 cm³/mol. The molecule has 3 N–H and O–H groups in total. The minimum atomic E-state index is -0.575. The number of nitrogens with two attached hydrogens (primary N) is 1. The molecule has 3 heterocycles. The molecule has 7 nitrogen and oxygen atoms in total. The van der Waals surface area contributed by atoms with Crippen LogP contribution in [-0.2, 0) is 11.3 Å². The van der Waals surface area contributed by atoms with E-state index in [-0.39, 0.29) is 24.4 Å². The second-order valence-corrected chi connectivity index (χ2v) is 9.67. The van der Waals surface area contributed by atoms with E-state index in [0.717, 1.165) is 27.1 Å². The molecule has 4 rings (SSSR count). The highest BCUT2D eigenvalue weighted by Crippen LogP contribution is 2.32. The van der Waals surface area contributed by atoms with E-state index in [1.54, 1.807) is 6.92 Å². The third-order valence-corrected chi connectivity index (χ3v) is 7.40. The summed E-state index contributed by atoms with van der Waals surface area (Å²) in [5.41, 5.74) is 9.33. The molecule has 3 aromatic heterocycles. The van der Waals surface area contributed by atoms with Crippen LogP contribution in [0, 0.1) is 20.8 Å². The maximum atomic E-state index is 13.2. The molecule has 0 saturated carbocycles. The van der Waals surface area contributed by atoms with Crippen molar-refractivity contribution in [2.75, 3.05) is 5.32 Å². The molecule has 0 aliphatic rings. The quantitative estimate of drug-likeness (QED) is 0.443. The second kappa shape index (κ2) is 8.68. The Morgan fingerprint density at radius 3 is 2.56 bits per heavy atom. The summed E-state index contributed by atoms with van der Waals surface area (Å²) >= 11 is 2.74. The lowest BCUT2D eigenvalue weighted by Crippen LogP contribution is -2.24. The molecule has 0 unspecified atom stereocenters. The average Bonchev–Trinajstić information content (AvgIpc) is 3.29. The summed E-state index contributed by atoms with van der Waals surface area (Å²) in [4.78, 5) is 43.4. The van der Waals surface area contributed by atoms with Gasteiger partial charge in [0.05, 0.1) is 17.3 Å². The smallest absolute Gasteiger partial charge is 0.262 e. The van der Waals surface area contributed by atoms with Gasteiger partial charge in [0.1, 0.15) is 9.83 Å². The molecule has 0 atom stereocenters. The van der Waals surface area contributed by atoms with Crippen molar-refractivity contribution in [3.05, 3.63) is 67.9 Å². The molecule has 32 heavy (non-hydrogen) atoms. The summed E-state index contributed by atoms with van der Waals surface area (Å²) in [5, 5.41) is 5.70. The van der Waals surface area contributed by atoms with Gasteiger partial charge in [-0.15, -0.1) is 22.7 Å². The number of rotatable bonds is 6. The van der Waals surface area contributed by atoms with Crippen LogP contribution >= 0.6 is 22.7 Å². The molecule has 0 aliphatic heterocycles. The van der Waals surface area contributed by atoms with Crippen LogP contribution in [0.3, 0.4) is 0 Å². The Morgan fingerprint density at radius 2 is 1.88 bits per heavy atom. The number of aryl methyl sites for hydroxylation is 3. The Labute approximate surface area is 192 Å². The van der Waals surface area contributed by atoms with E-state index >= 15 is 0 Å². The number of fused-ring (bicyclic) bond motifs is 1.